The van der Waals surface area contributed by atoms with E-state index in [0.717, 1.165) is 19.4 Å². The van der Waals surface area contributed by atoms with Gasteiger partial charge < -0.3 is 5.11 Å². The Labute approximate surface area is 87.6 Å². The molecule has 1 aliphatic heterocycles. The molecule has 82 valence electrons. The van der Waals surface area contributed by atoms with E-state index in [9.17, 15) is 0 Å². The first kappa shape index (κ1) is 11.7. The minimum Gasteiger partial charge on any atom is -0.396 e. The number of nitrogens with zero attached hydrogens (tertiary/aromatic N) is 1. The lowest BCUT2D eigenvalue weighted by atomic mass is 9.99. The fourth-order valence-electron chi connectivity index (χ4n) is 2.14. The molecular formula is C12H23NO. The van der Waals surface area contributed by atoms with Crippen LogP contribution in [0.15, 0.2) is 12.2 Å². The summed E-state index contributed by atoms with van der Waals surface area (Å²) in [6, 6.07) is 0.594. The van der Waals surface area contributed by atoms with E-state index >= 15 is 0 Å². The van der Waals surface area contributed by atoms with Crippen molar-refractivity contribution in [3.63, 3.8) is 0 Å². The summed E-state index contributed by atoms with van der Waals surface area (Å²) in [5.41, 5.74) is 1.31. The quantitative estimate of drug-likeness (QED) is 0.683. The lowest BCUT2D eigenvalue weighted by molar-refractivity contribution is 0.129. The van der Waals surface area contributed by atoms with Crippen molar-refractivity contribution in [2.24, 2.45) is 0 Å². The van der Waals surface area contributed by atoms with E-state index in [1.54, 1.807) is 0 Å². The molecule has 2 heteroatoms. The molecule has 1 saturated heterocycles. The first-order chi connectivity index (χ1) is 6.77. The van der Waals surface area contributed by atoms with Gasteiger partial charge in [-0.15, -0.1) is 0 Å². The molecule has 1 rings (SSSR count). The molecule has 1 fully saturated rings. The average molecular weight is 197 g/mol. The van der Waals surface area contributed by atoms with Crippen LogP contribution in [0.25, 0.3) is 0 Å². The van der Waals surface area contributed by atoms with Crippen LogP contribution in [-0.4, -0.2) is 35.7 Å². The molecule has 1 N–H and O–H groups in total. The van der Waals surface area contributed by atoms with E-state index in [4.69, 9.17) is 5.11 Å². The van der Waals surface area contributed by atoms with Gasteiger partial charge in [-0.1, -0.05) is 25.5 Å². The zero-order valence-electron chi connectivity index (χ0n) is 9.34. The molecule has 0 saturated carbocycles. The normalized spacial score (nSPS) is 23.7. The number of aliphatic hydroxyl groups is 1. The summed E-state index contributed by atoms with van der Waals surface area (Å²) in [7, 11) is 0. The molecule has 0 bridgehead atoms. The van der Waals surface area contributed by atoms with Crippen LogP contribution in [0.5, 0.6) is 0 Å². The molecule has 0 aromatic heterocycles. The summed E-state index contributed by atoms with van der Waals surface area (Å²) in [6.07, 6.45) is 5.87. The van der Waals surface area contributed by atoms with E-state index in [0.29, 0.717) is 12.6 Å². The molecule has 0 radical (unpaired) electrons. The van der Waals surface area contributed by atoms with Crippen molar-refractivity contribution in [3.8, 4) is 0 Å². The summed E-state index contributed by atoms with van der Waals surface area (Å²) < 4.78 is 0. The Morgan fingerprint density at radius 1 is 1.50 bits per heavy atom. The highest BCUT2D eigenvalue weighted by molar-refractivity contribution is 4.97. The lowest BCUT2D eigenvalue weighted by Crippen LogP contribution is -2.41. The van der Waals surface area contributed by atoms with Crippen LogP contribution in [0.1, 0.15) is 39.0 Å². The minimum atomic E-state index is 0.319. The van der Waals surface area contributed by atoms with E-state index in [2.05, 4.69) is 18.4 Å². The molecule has 2 nitrogen and oxygen atoms in total. The molecule has 1 atom stereocenters. The largest absolute Gasteiger partial charge is 0.396 e. The predicted octanol–water partition coefficient (Wildman–Crippen LogP) is 2.19. The maximum Gasteiger partial charge on any atom is 0.0445 e. The Morgan fingerprint density at radius 3 is 2.93 bits per heavy atom. The average Bonchev–Trinajstić information content (AvgIpc) is 2.21. The topological polar surface area (TPSA) is 23.5 Å². The number of hydrogen-bond donors (Lipinski definition) is 1. The van der Waals surface area contributed by atoms with Crippen LogP contribution in [0.4, 0.5) is 0 Å². The summed E-state index contributed by atoms with van der Waals surface area (Å²) in [5.74, 6) is 0. The van der Waals surface area contributed by atoms with Crippen LogP contribution in [0, 0.1) is 0 Å². The number of hydrogen-bond acceptors (Lipinski definition) is 2. The highest BCUT2D eigenvalue weighted by Crippen LogP contribution is 2.20. The van der Waals surface area contributed by atoms with E-state index in [1.165, 1.54) is 31.4 Å². The molecule has 1 heterocycles. The van der Waals surface area contributed by atoms with Crippen molar-refractivity contribution >= 4 is 0 Å². The third-order valence-corrected chi connectivity index (χ3v) is 3.14. The maximum absolute atomic E-state index is 8.98. The van der Waals surface area contributed by atoms with Gasteiger partial charge in [0.1, 0.15) is 0 Å². The van der Waals surface area contributed by atoms with Gasteiger partial charge >= 0.3 is 0 Å². The highest BCUT2D eigenvalue weighted by atomic mass is 16.3. The first-order valence-corrected chi connectivity index (χ1v) is 5.79. The van der Waals surface area contributed by atoms with E-state index in [-0.39, 0.29) is 0 Å². The van der Waals surface area contributed by atoms with Gasteiger partial charge in [0, 0.05) is 19.2 Å². The van der Waals surface area contributed by atoms with Gasteiger partial charge in [-0.2, -0.15) is 0 Å². The van der Waals surface area contributed by atoms with Gasteiger partial charge in [0.25, 0.3) is 0 Å². The Hall–Kier alpha value is -0.340. The van der Waals surface area contributed by atoms with Gasteiger partial charge in [-0.3, -0.25) is 4.90 Å². The second kappa shape index (κ2) is 6.20. The van der Waals surface area contributed by atoms with E-state index in [1.807, 2.05) is 0 Å². The minimum absolute atomic E-state index is 0.319. The Bertz CT molecular complexity index is 177. The lowest BCUT2D eigenvalue weighted by Gasteiger charge is -2.35. The van der Waals surface area contributed by atoms with Gasteiger partial charge in [0.15, 0.2) is 0 Å². The number of likely N-dealkylation sites (tertiary alicyclic amines) is 1. The second-order valence-corrected chi connectivity index (χ2v) is 4.24. The zero-order chi connectivity index (χ0) is 10.4. The van der Waals surface area contributed by atoms with Gasteiger partial charge in [-0.25, -0.2) is 0 Å². The zero-order valence-corrected chi connectivity index (χ0v) is 9.34. The first-order valence-electron chi connectivity index (χ1n) is 5.79. The molecule has 1 unspecified atom stereocenters. The molecule has 0 spiro atoms. The third kappa shape index (κ3) is 3.43. The van der Waals surface area contributed by atoms with Crippen LogP contribution >= 0.6 is 0 Å². The predicted molar refractivity (Wildman–Crippen MR) is 60.3 cm³/mol. The van der Waals surface area contributed by atoms with Crippen LogP contribution in [-0.2, 0) is 0 Å². The van der Waals surface area contributed by atoms with E-state index < -0.39 is 0 Å². The number of piperidine rings is 1. The van der Waals surface area contributed by atoms with Gasteiger partial charge in [0.05, 0.1) is 0 Å². The molecule has 0 amide bonds. The fraction of sp³-hybridized carbons (Fsp3) is 0.833. The fourth-order valence-corrected chi connectivity index (χ4v) is 2.14. The number of aliphatic hydroxyl groups excluding tert-OH is 1. The summed E-state index contributed by atoms with van der Waals surface area (Å²) in [6.45, 7) is 8.75. The summed E-state index contributed by atoms with van der Waals surface area (Å²) >= 11 is 0. The van der Waals surface area contributed by atoms with Crippen LogP contribution in [0.2, 0.25) is 0 Å². The summed E-state index contributed by atoms with van der Waals surface area (Å²) in [4.78, 5) is 2.49. The third-order valence-electron chi connectivity index (χ3n) is 3.14. The SMILES string of the molecule is C=C(CC)CN1CCCCC1CCO. The second-order valence-electron chi connectivity index (χ2n) is 4.24. The van der Waals surface area contributed by atoms with Crippen molar-refractivity contribution < 1.29 is 5.11 Å². The molecular weight excluding hydrogens is 174 g/mol. The highest BCUT2D eigenvalue weighted by Gasteiger charge is 2.21. The molecule has 0 aromatic carbocycles. The Kier molecular flexibility index (Phi) is 5.20. The van der Waals surface area contributed by atoms with Crippen molar-refractivity contribution in [1.29, 1.82) is 0 Å². The van der Waals surface area contributed by atoms with Crippen molar-refractivity contribution in [2.45, 2.75) is 45.1 Å². The van der Waals surface area contributed by atoms with Crippen molar-refractivity contribution in [1.82, 2.24) is 4.90 Å². The Balaban J connectivity index is 2.41. The smallest absolute Gasteiger partial charge is 0.0445 e. The standard InChI is InChI=1S/C12H23NO/c1-3-11(2)10-13-8-5-4-6-12(13)7-9-14/h12,14H,2-10H2,1H3. The maximum atomic E-state index is 8.98. The molecule has 1 aliphatic rings. The van der Waals surface area contributed by atoms with Crippen LogP contribution < -0.4 is 0 Å². The van der Waals surface area contributed by atoms with Crippen molar-refractivity contribution in [2.75, 3.05) is 19.7 Å². The molecule has 0 aliphatic carbocycles. The molecule has 0 aromatic rings. The summed E-state index contributed by atoms with van der Waals surface area (Å²) in [5, 5.41) is 8.98. The monoisotopic (exact) mass is 197 g/mol. The molecule has 14 heavy (non-hydrogen) atoms. The van der Waals surface area contributed by atoms with Crippen molar-refractivity contribution in [3.05, 3.63) is 12.2 Å². The number of rotatable bonds is 5. The Morgan fingerprint density at radius 2 is 2.29 bits per heavy atom. The van der Waals surface area contributed by atoms with Gasteiger partial charge in [-0.05, 0) is 32.2 Å². The van der Waals surface area contributed by atoms with Gasteiger partial charge in [0.2, 0.25) is 0 Å². The van der Waals surface area contributed by atoms with Crippen LogP contribution in [0.3, 0.4) is 0 Å².